The number of nitrogens with one attached hydrogen (secondary N) is 1. The maximum absolute atomic E-state index is 11.0. The molecule has 0 bridgehead atoms. The third-order valence-corrected chi connectivity index (χ3v) is 5.75. The molecule has 0 radical (unpaired) electrons. The second kappa shape index (κ2) is 8.72. The maximum atomic E-state index is 11.0. The van der Waals surface area contributed by atoms with Gasteiger partial charge in [-0.05, 0) is 51.7 Å². The number of benzene rings is 2. The zero-order chi connectivity index (χ0) is 22.8. The van der Waals surface area contributed by atoms with Crippen molar-refractivity contribution in [3.05, 3.63) is 79.9 Å². The van der Waals surface area contributed by atoms with Gasteiger partial charge in [-0.2, -0.15) is 0 Å². The normalized spacial score (nSPS) is 18.1. The fraction of sp³-hybridized carbons (Fsp3) is 0.478. The van der Waals surface area contributed by atoms with Gasteiger partial charge in [-0.3, -0.25) is 25.1 Å². The molecule has 0 aliphatic carbocycles. The van der Waals surface area contributed by atoms with Gasteiger partial charge in [-0.25, -0.2) is 0 Å². The van der Waals surface area contributed by atoms with Crippen molar-refractivity contribution >= 4 is 11.4 Å². The highest BCUT2D eigenvalue weighted by atomic mass is 16.6. The summed E-state index contributed by atoms with van der Waals surface area (Å²) in [6, 6.07) is 13.7. The molecule has 0 aromatic heterocycles. The lowest BCUT2D eigenvalue weighted by molar-refractivity contribution is -0.385. The van der Waals surface area contributed by atoms with Crippen LogP contribution in [0.4, 0.5) is 11.4 Å². The molecule has 0 atom stereocenters. The lowest BCUT2D eigenvalue weighted by Gasteiger charge is -2.49. The van der Waals surface area contributed by atoms with Crippen LogP contribution in [-0.2, 0) is 13.1 Å². The molecule has 0 unspecified atom stereocenters. The van der Waals surface area contributed by atoms with Crippen molar-refractivity contribution in [1.82, 2.24) is 10.2 Å². The molecule has 0 saturated carbocycles. The van der Waals surface area contributed by atoms with E-state index in [2.05, 4.69) is 37.9 Å². The topological polar surface area (TPSA) is 102 Å². The molecule has 1 fully saturated rings. The Labute approximate surface area is 182 Å². The molecule has 1 saturated heterocycles. The van der Waals surface area contributed by atoms with Gasteiger partial charge in [0.05, 0.1) is 9.85 Å². The van der Waals surface area contributed by atoms with Crippen LogP contribution >= 0.6 is 0 Å². The van der Waals surface area contributed by atoms with E-state index in [4.69, 9.17) is 0 Å². The summed E-state index contributed by atoms with van der Waals surface area (Å²) >= 11 is 0. The zero-order valence-electron chi connectivity index (χ0n) is 18.5. The van der Waals surface area contributed by atoms with Crippen molar-refractivity contribution < 1.29 is 9.85 Å². The summed E-state index contributed by atoms with van der Waals surface area (Å²) in [5, 5.41) is 25.7. The average Bonchev–Trinajstić information content (AvgIpc) is 2.66. The van der Waals surface area contributed by atoms with E-state index in [1.165, 1.54) is 24.3 Å². The van der Waals surface area contributed by atoms with Gasteiger partial charge in [-0.1, -0.05) is 24.3 Å². The molecule has 2 aromatic carbocycles. The van der Waals surface area contributed by atoms with Crippen molar-refractivity contribution in [2.75, 3.05) is 0 Å². The van der Waals surface area contributed by atoms with E-state index in [-0.39, 0.29) is 28.5 Å². The minimum absolute atomic E-state index is 0.0321. The summed E-state index contributed by atoms with van der Waals surface area (Å²) in [5.74, 6) is 0. The zero-order valence-corrected chi connectivity index (χ0v) is 18.5. The Balaban J connectivity index is 1.87. The van der Waals surface area contributed by atoms with Gasteiger partial charge in [0.2, 0.25) is 0 Å². The third kappa shape index (κ3) is 6.08. The van der Waals surface area contributed by atoms with Crippen molar-refractivity contribution in [2.45, 2.75) is 70.7 Å². The first kappa shape index (κ1) is 22.8. The summed E-state index contributed by atoms with van der Waals surface area (Å²) in [6.45, 7) is 10.1. The highest BCUT2D eigenvalue weighted by Crippen LogP contribution is 2.33. The second-order valence-electron chi connectivity index (χ2n) is 9.71. The first-order chi connectivity index (χ1) is 14.4. The van der Waals surface area contributed by atoms with Gasteiger partial charge >= 0.3 is 0 Å². The fourth-order valence-electron chi connectivity index (χ4n) is 4.76. The predicted octanol–water partition coefficient (Wildman–Crippen LogP) is 4.81. The van der Waals surface area contributed by atoms with Crippen LogP contribution in [0.25, 0.3) is 0 Å². The van der Waals surface area contributed by atoms with E-state index in [1.807, 2.05) is 0 Å². The molecular weight excluding hydrogens is 396 g/mol. The number of rotatable bonds is 7. The van der Waals surface area contributed by atoms with E-state index < -0.39 is 9.85 Å². The SMILES string of the molecule is CC1(C)CC(N(Cc2ccc([N+](=O)[O-])cc2)Cc2ccc([N+](=O)[O-])cc2)CC(C)(C)N1. The first-order valence-corrected chi connectivity index (χ1v) is 10.4. The molecule has 0 amide bonds. The lowest BCUT2D eigenvalue weighted by atomic mass is 9.78. The van der Waals surface area contributed by atoms with Gasteiger partial charge in [0.1, 0.15) is 0 Å². The van der Waals surface area contributed by atoms with E-state index >= 15 is 0 Å². The number of nitro benzene ring substituents is 2. The molecule has 166 valence electrons. The molecule has 1 N–H and O–H groups in total. The van der Waals surface area contributed by atoms with Gasteiger partial charge in [0, 0.05) is 54.5 Å². The van der Waals surface area contributed by atoms with Crippen LogP contribution in [0, 0.1) is 20.2 Å². The Hall–Kier alpha value is -2.84. The number of piperidine rings is 1. The quantitative estimate of drug-likeness (QED) is 0.503. The van der Waals surface area contributed by atoms with Crippen LogP contribution in [0.3, 0.4) is 0 Å². The monoisotopic (exact) mass is 426 g/mol. The smallest absolute Gasteiger partial charge is 0.269 e. The molecule has 8 heteroatoms. The highest BCUT2D eigenvalue weighted by molar-refractivity contribution is 5.34. The lowest BCUT2D eigenvalue weighted by Crippen LogP contribution is -2.62. The van der Waals surface area contributed by atoms with Crippen molar-refractivity contribution in [3.8, 4) is 0 Å². The number of hydrogen-bond donors (Lipinski definition) is 1. The van der Waals surface area contributed by atoms with Crippen LogP contribution in [0.1, 0.15) is 51.7 Å². The average molecular weight is 427 g/mol. The van der Waals surface area contributed by atoms with Gasteiger partial charge < -0.3 is 5.32 Å². The standard InChI is InChI=1S/C23H30N4O4/c1-22(2)13-21(14-23(3,4)24-22)25(15-17-5-9-19(10-6-17)26(28)29)16-18-7-11-20(12-8-18)27(30)31/h5-12,21,24H,13-16H2,1-4H3. The van der Waals surface area contributed by atoms with Gasteiger partial charge in [0.25, 0.3) is 11.4 Å². The van der Waals surface area contributed by atoms with Crippen LogP contribution in [0.5, 0.6) is 0 Å². The molecule has 3 rings (SSSR count). The van der Waals surface area contributed by atoms with Crippen molar-refractivity contribution in [3.63, 3.8) is 0 Å². The fourth-order valence-corrected chi connectivity index (χ4v) is 4.76. The molecular formula is C23H30N4O4. The Kier molecular flexibility index (Phi) is 6.43. The number of non-ortho nitro benzene ring substituents is 2. The largest absolute Gasteiger partial charge is 0.307 e. The Morgan fingerprint density at radius 2 is 1.16 bits per heavy atom. The summed E-state index contributed by atoms with van der Waals surface area (Å²) in [5.41, 5.74) is 2.10. The van der Waals surface area contributed by atoms with Gasteiger partial charge in [0.15, 0.2) is 0 Å². The van der Waals surface area contributed by atoms with Crippen molar-refractivity contribution in [2.24, 2.45) is 0 Å². The summed E-state index contributed by atoms with van der Waals surface area (Å²) in [4.78, 5) is 23.6. The third-order valence-electron chi connectivity index (χ3n) is 5.75. The van der Waals surface area contributed by atoms with Crippen LogP contribution in [-0.4, -0.2) is 31.9 Å². The van der Waals surface area contributed by atoms with E-state index in [0.29, 0.717) is 13.1 Å². The van der Waals surface area contributed by atoms with E-state index in [0.717, 1.165) is 24.0 Å². The van der Waals surface area contributed by atoms with E-state index in [1.54, 1.807) is 24.3 Å². The van der Waals surface area contributed by atoms with E-state index in [9.17, 15) is 20.2 Å². The molecule has 2 aromatic rings. The molecule has 0 spiro atoms. The number of hydrogen-bond acceptors (Lipinski definition) is 6. The Bertz CT molecular complexity index is 864. The molecule has 1 aliphatic heterocycles. The van der Waals surface area contributed by atoms with Crippen LogP contribution < -0.4 is 5.32 Å². The predicted molar refractivity (Wildman–Crippen MR) is 120 cm³/mol. The van der Waals surface area contributed by atoms with Gasteiger partial charge in [-0.15, -0.1) is 0 Å². The van der Waals surface area contributed by atoms with Crippen LogP contribution in [0.15, 0.2) is 48.5 Å². The molecule has 1 aliphatic rings. The Morgan fingerprint density at radius 1 is 0.806 bits per heavy atom. The molecule has 1 heterocycles. The number of nitro groups is 2. The summed E-state index contributed by atoms with van der Waals surface area (Å²) < 4.78 is 0. The van der Waals surface area contributed by atoms with Crippen molar-refractivity contribution in [1.29, 1.82) is 0 Å². The second-order valence-corrected chi connectivity index (χ2v) is 9.71. The van der Waals surface area contributed by atoms with Crippen LogP contribution in [0.2, 0.25) is 0 Å². The maximum Gasteiger partial charge on any atom is 0.269 e. The summed E-state index contributed by atoms with van der Waals surface area (Å²) in [6.07, 6.45) is 1.91. The number of nitrogens with zero attached hydrogens (tertiary/aromatic N) is 3. The minimum atomic E-state index is -0.393. The highest BCUT2D eigenvalue weighted by Gasteiger charge is 2.39. The minimum Gasteiger partial charge on any atom is -0.307 e. The Morgan fingerprint density at radius 3 is 1.48 bits per heavy atom. The molecule has 8 nitrogen and oxygen atoms in total. The summed E-state index contributed by atoms with van der Waals surface area (Å²) in [7, 11) is 0. The molecule has 31 heavy (non-hydrogen) atoms. The first-order valence-electron chi connectivity index (χ1n) is 10.4.